The Labute approximate surface area is 110 Å². The van der Waals surface area contributed by atoms with E-state index in [4.69, 9.17) is 0 Å². The van der Waals surface area contributed by atoms with Gasteiger partial charge in [-0.3, -0.25) is 4.79 Å². The number of hydrogen-bond donors (Lipinski definition) is 1. The Hall–Kier alpha value is -2.23. The molecule has 1 amide bonds. The summed E-state index contributed by atoms with van der Waals surface area (Å²) in [6, 6.07) is 8.54. The molecular formula is C15H13F2NO. The summed E-state index contributed by atoms with van der Waals surface area (Å²) in [6.45, 7) is 3.90. The second-order valence-corrected chi connectivity index (χ2v) is 4.38. The molecule has 0 heterocycles. The van der Waals surface area contributed by atoms with Crippen molar-refractivity contribution >= 4 is 11.6 Å². The molecule has 1 N–H and O–H groups in total. The number of hydrogen-bond acceptors (Lipinski definition) is 1. The zero-order valence-electron chi connectivity index (χ0n) is 10.6. The third-order valence-corrected chi connectivity index (χ3v) is 2.95. The van der Waals surface area contributed by atoms with Gasteiger partial charge < -0.3 is 5.32 Å². The maximum absolute atomic E-state index is 13.0. The molecule has 0 aliphatic heterocycles. The van der Waals surface area contributed by atoms with E-state index in [0.717, 1.165) is 23.3 Å². The molecule has 0 aromatic heterocycles. The average molecular weight is 261 g/mol. The van der Waals surface area contributed by atoms with E-state index in [0.29, 0.717) is 5.69 Å². The smallest absolute Gasteiger partial charge is 0.255 e. The molecule has 0 spiro atoms. The maximum Gasteiger partial charge on any atom is 0.255 e. The highest BCUT2D eigenvalue weighted by Gasteiger charge is 2.10. The molecule has 0 aliphatic carbocycles. The molecule has 4 heteroatoms. The fraction of sp³-hybridized carbons (Fsp3) is 0.133. The van der Waals surface area contributed by atoms with Gasteiger partial charge in [-0.1, -0.05) is 6.07 Å². The lowest BCUT2D eigenvalue weighted by molar-refractivity contribution is 0.102. The van der Waals surface area contributed by atoms with Crippen molar-refractivity contribution in [3.63, 3.8) is 0 Å². The van der Waals surface area contributed by atoms with Gasteiger partial charge in [0.1, 0.15) is 0 Å². The van der Waals surface area contributed by atoms with Gasteiger partial charge in [0, 0.05) is 11.3 Å². The fourth-order valence-corrected chi connectivity index (χ4v) is 1.66. The van der Waals surface area contributed by atoms with E-state index >= 15 is 0 Å². The highest BCUT2D eigenvalue weighted by molar-refractivity contribution is 6.04. The van der Waals surface area contributed by atoms with Crippen molar-refractivity contribution in [2.75, 3.05) is 5.32 Å². The number of carbonyl (C=O) groups excluding carboxylic acids is 1. The Balaban J connectivity index is 2.20. The number of halogens is 2. The second-order valence-electron chi connectivity index (χ2n) is 4.38. The predicted octanol–water partition coefficient (Wildman–Crippen LogP) is 3.83. The summed E-state index contributed by atoms with van der Waals surface area (Å²) < 4.78 is 25.8. The highest BCUT2D eigenvalue weighted by Crippen LogP contribution is 2.16. The summed E-state index contributed by atoms with van der Waals surface area (Å²) >= 11 is 0. The van der Waals surface area contributed by atoms with Crippen LogP contribution >= 0.6 is 0 Å². The minimum absolute atomic E-state index is 0.0807. The van der Waals surface area contributed by atoms with E-state index < -0.39 is 17.5 Å². The van der Waals surface area contributed by atoms with Crippen LogP contribution in [0, 0.1) is 25.5 Å². The first-order valence-corrected chi connectivity index (χ1v) is 5.81. The number of carbonyl (C=O) groups is 1. The fourth-order valence-electron chi connectivity index (χ4n) is 1.66. The molecule has 2 nitrogen and oxygen atoms in total. The molecular weight excluding hydrogens is 248 g/mol. The third-order valence-electron chi connectivity index (χ3n) is 2.95. The van der Waals surface area contributed by atoms with Crippen molar-refractivity contribution in [2.45, 2.75) is 13.8 Å². The molecule has 2 rings (SSSR count). The first kappa shape index (κ1) is 13.2. The van der Waals surface area contributed by atoms with Crippen LogP contribution < -0.4 is 5.32 Å². The van der Waals surface area contributed by atoms with Crippen LogP contribution in [0.25, 0.3) is 0 Å². The average Bonchev–Trinajstić information content (AvgIpc) is 2.37. The second kappa shape index (κ2) is 5.18. The Morgan fingerprint density at radius 1 is 0.947 bits per heavy atom. The van der Waals surface area contributed by atoms with Crippen molar-refractivity contribution in [1.29, 1.82) is 0 Å². The van der Waals surface area contributed by atoms with Crippen LogP contribution in [0.1, 0.15) is 21.5 Å². The number of rotatable bonds is 2. The summed E-state index contributed by atoms with van der Waals surface area (Å²) in [5.74, 6) is -2.47. The van der Waals surface area contributed by atoms with Crippen molar-refractivity contribution in [1.82, 2.24) is 0 Å². The number of benzene rings is 2. The van der Waals surface area contributed by atoms with Crippen LogP contribution in [0.4, 0.5) is 14.5 Å². The van der Waals surface area contributed by atoms with Gasteiger partial charge in [0.25, 0.3) is 5.91 Å². The van der Waals surface area contributed by atoms with E-state index in [2.05, 4.69) is 5.32 Å². The Kier molecular flexibility index (Phi) is 3.60. The molecule has 0 atom stereocenters. The van der Waals surface area contributed by atoms with Gasteiger partial charge in [0.2, 0.25) is 0 Å². The number of amides is 1. The SMILES string of the molecule is Cc1ccc(NC(=O)c2ccc(F)c(F)c2)cc1C. The lowest BCUT2D eigenvalue weighted by Crippen LogP contribution is -2.12. The lowest BCUT2D eigenvalue weighted by Gasteiger charge is -2.08. The van der Waals surface area contributed by atoms with Crippen molar-refractivity contribution < 1.29 is 13.6 Å². The summed E-state index contributed by atoms with van der Waals surface area (Å²) in [6.07, 6.45) is 0. The lowest BCUT2D eigenvalue weighted by atomic mass is 10.1. The van der Waals surface area contributed by atoms with Crippen molar-refractivity contribution in [3.05, 3.63) is 64.7 Å². The van der Waals surface area contributed by atoms with Gasteiger partial charge in [-0.25, -0.2) is 8.78 Å². The molecule has 2 aromatic carbocycles. The monoisotopic (exact) mass is 261 g/mol. The maximum atomic E-state index is 13.0. The van der Waals surface area contributed by atoms with Crippen LogP contribution in [-0.4, -0.2) is 5.91 Å². The van der Waals surface area contributed by atoms with E-state index in [1.54, 1.807) is 6.07 Å². The number of nitrogens with one attached hydrogen (secondary N) is 1. The minimum atomic E-state index is -1.03. The summed E-state index contributed by atoms with van der Waals surface area (Å²) in [4.78, 5) is 11.9. The molecule has 2 aromatic rings. The van der Waals surface area contributed by atoms with Gasteiger partial charge >= 0.3 is 0 Å². The van der Waals surface area contributed by atoms with Gasteiger partial charge in [-0.05, 0) is 55.3 Å². The van der Waals surface area contributed by atoms with Gasteiger partial charge in [-0.2, -0.15) is 0 Å². The molecule has 0 saturated carbocycles. The predicted molar refractivity (Wildman–Crippen MR) is 70.2 cm³/mol. The van der Waals surface area contributed by atoms with E-state index in [1.165, 1.54) is 6.07 Å². The van der Waals surface area contributed by atoms with E-state index in [9.17, 15) is 13.6 Å². The molecule has 19 heavy (non-hydrogen) atoms. The molecule has 0 bridgehead atoms. The Morgan fingerprint density at radius 2 is 1.68 bits per heavy atom. The third kappa shape index (κ3) is 2.96. The topological polar surface area (TPSA) is 29.1 Å². The van der Waals surface area contributed by atoms with Crippen LogP contribution in [0.15, 0.2) is 36.4 Å². The summed E-state index contributed by atoms with van der Waals surface area (Å²) in [7, 11) is 0. The molecule has 0 unspecified atom stereocenters. The molecule has 0 aliphatic rings. The normalized spacial score (nSPS) is 10.3. The van der Waals surface area contributed by atoms with Crippen LogP contribution in [-0.2, 0) is 0 Å². The summed E-state index contributed by atoms with van der Waals surface area (Å²) in [5, 5.41) is 2.64. The molecule has 0 radical (unpaired) electrons. The molecule has 98 valence electrons. The van der Waals surface area contributed by atoms with Crippen LogP contribution in [0.2, 0.25) is 0 Å². The van der Waals surface area contributed by atoms with Gasteiger partial charge in [-0.15, -0.1) is 0 Å². The quantitative estimate of drug-likeness (QED) is 0.874. The molecule has 0 saturated heterocycles. The zero-order valence-corrected chi connectivity index (χ0v) is 10.6. The van der Waals surface area contributed by atoms with E-state index in [-0.39, 0.29) is 5.56 Å². The Morgan fingerprint density at radius 3 is 2.32 bits per heavy atom. The van der Waals surface area contributed by atoms with Crippen LogP contribution in [0.3, 0.4) is 0 Å². The Bertz CT molecular complexity index is 638. The zero-order chi connectivity index (χ0) is 14.0. The van der Waals surface area contributed by atoms with Gasteiger partial charge in [0.05, 0.1) is 0 Å². The largest absolute Gasteiger partial charge is 0.322 e. The standard InChI is InChI=1S/C15H13F2NO/c1-9-3-5-12(7-10(9)2)18-15(19)11-4-6-13(16)14(17)8-11/h3-8H,1-2H3,(H,18,19). The first-order valence-electron chi connectivity index (χ1n) is 5.81. The number of anilines is 1. The first-order chi connectivity index (χ1) is 8.97. The van der Waals surface area contributed by atoms with Crippen molar-refractivity contribution in [2.24, 2.45) is 0 Å². The summed E-state index contributed by atoms with van der Waals surface area (Å²) in [5.41, 5.74) is 2.86. The van der Waals surface area contributed by atoms with E-state index in [1.807, 2.05) is 26.0 Å². The van der Waals surface area contributed by atoms with Crippen molar-refractivity contribution in [3.8, 4) is 0 Å². The van der Waals surface area contributed by atoms with Gasteiger partial charge in [0.15, 0.2) is 11.6 Å². The number of aryl methyl sites for hydroxylation is 2. The molecule has 0 fully saturated rings. The van der Waals surface area contributed by atoms with Crippen LogP contribution in [0.5, 0.6) is 0 Å². The highest BCUT2D eigenvalue weighted by atomic mass is 19.2. The minimum Gasteiger partial charge on any atom is -0.322 e.